The number of alkyl halides is 3. The molecule has 134 valence electrons. The van der Waals surface area contributed by atoms with Crippen molar-refractivity contribution in [2.45, 2.75) is 31.2 Å². The van der Waals surface area contributed by atoms with Gasteiger partial charge in [-0.3, -0.25) is 4.72 Å². The Morgan fingerprint density at radius 2 is 1.88 bits per heavy atom. The average Bonchev–Trinajstić information content (AvgIpc) is 3.34. The lowest BCUT2D eigenvalue weighted by molar-refractivity contribution is -0.137. The number of aryl methyl sites for hydroxylation is 1. The van der Waals surface area contributed by atoms with Crippen LogP contribution in [0.15, 0.2) is 24.3 Å². The van der Waals surface area contributed by atoms with E-state index in [2.05, 4.69) is 14.9 Å². The molecule has 0 spiro atoms. The predicted octanol–water partition coefficient (Wildman–Crippen LogP) is 2.96. The molecule has 2 aromatic rings. The van der Waals surface area contributed by atoms with E-state index >= 15 is 0 Å². The molecular formula is C15H15F3N4O2S. The van der Waals surface area contributed by atoms with Gasteiger partial charge in [-0.25, -0.2) is 8.42 Å². The van der Waals surface area contributed by atoms with Crippen LogP contribution in [-0.2, 0) is 16.2 Å². The molecule has 1 saturated carbocycles. The Hall–Kier alpha value is -2.36. The molecule has 0 unspecified atom stereocenters. The number of hydrogen-bond acceptors (Lipinski definition) is 5. The summed E-state index contributed by atoms with van der Waals surface area (Å²) in [6.45, 7) is 1.67. The van der Waals surface area contributed by atoms with E-state index in [0.717, 1.165) is 12.1 Å². The van der Waals surface area contributed by atoms with Gasteiger partial charge in [0, 0.05) is 5.56 Å². The van der Waals surface area contributed by atoms with Crippen molar-refractivity contribution >= 4 is 21.5 Å². The molecule has 6 nitrogen and oxygen atoms in total. The van der Waals surface area contributed by atoms with E-state index in [1.54, 1.807) is 13.0 Å². The van der Waals surface area contributed by atoms with Crippen molar-refractivity contribution in [3.8, 4) is 11.3 Å². The molecule has 25 heavy (non-hydrogen) atoms. The van der Waals surface area contributed by atoms with Crippen LogP contribution in [0.2, 0.25) is 0 Å². The third kappa shape index (κ3) is 3.68. The molecule has 1 aromatic carbocycles. The zero-order valence-electron chi connectivity index (χ0n) is 13.1. The van der Waals surface area contributed by atoms with Crippen LogP contribution in [0.5, 0.6) is 0 Å². The fourth-order valence-corrected chi connectivity index (χ4v) is 3.67. The number of benzene rings is 1. The molecule has 0 saturated heterocycles. The summed E-state index contributed by atoms with van der Waals surface area (Å²) in [7, 11) is -3.74. The first-order valence-corrected chi connectivity index (χ1v) is 8.95. The van der Waals surface area contributed by atoms with Gasteiger partial charge in [0.05, 0.1) is 22.2 Å². The lowest BCUT2D eigenvalue weighted by Crippen LogP contribution is -2.18. The highest BCUT2D eigenvalue weighted by Gasteiger charge is 2.37. The molecule has 0 atom stereocenters. The van der Waals surface area contributed by atoms with Crippen molar-refractivity contribution in [3.63, 3.8) is 0 Å². The molecule has 3 N–H and O–H groups in total. The zero-order chi connectivity index (χ0) is 18.4. The van der Waals surface area contributed by atoms with E-state index < -0.39 is 27.0 Å². The minimum Gasteiger partial charge on any atom is -0.382 e. The molecule has 1 heterocycles. The Morgan fingerprint density at radius 3 is 2.44 bits per heavy atom. The summed E-state index contributed by atoms with van der Waals surface area (Å²) in [5, 5.41) is 7.03. The summed E-state index contributed by atoms with van der Waals surface area (Å²) >= 11 is 0. The van der Waals surface area contributed by atoms with Crippen LogP contribution >= 0.6 is 0 Å². The molecule has 1 aliphatic carbocycles. The standard InChI is InChI=1S/C15H15F3N4O2S/c1-8-6-12(20-21-14(8)19)11-5-2-9(15(16,17)18)7-13(11)22-25(23,24)10-3-4-10/h2,5-7,10,22H,3-4H2,1H3,(H2,19,21). The molecule has 0 radical (unpaired) electrons. The fourth-order valence-electron chi connectivity index (χ4n) is 2.27. The summed E-state index contributed by atoms with van der Waals surface area (Å²) in [4.78, 5) is 0. The van der Waals surface area contributed by atoms with Crippen LogP contribution < -0.4 is 10.5 Å². The maximum Gasteiger partial charge on any atom is 0.416 e. The summed E-state index contributed by atoms with van der Waals surface area (Å²) in [5.74, 6) is 0.191. The first kappa shape index (κ1) is 17.5. The fraction of sp³-hybridized carbons (Fsp3) is 0.333. The SMILES string of the molecule is Cc1cc(-c2ccc(C(F)(F)F)cc2NS(=O)(=O)C2CC2)nnc1N. The predicted molar refractivity (Wildman–Crippen MR) is 87.2 cm³/mol. The largest absolute Gasteiger partial charge is 0.416 e. The number of nitrogen functional groups attached to an aromatic ring is 1. The Morgan fingerprint density at radius 1 is 1.20 bits per heavy atom. The first-order chi connectivity index (χ1) is 11.6. The van der Waals surface area contributed by atoms with Gasteiger partial charge in [0.1, 0.15) is 5.82 Å². The Balaban J connectivity index is 2.11. The number of nitrogens with one attached hydrogen (secondary N) is 1. The third-order valence-electron chi connectivity index (χ3n) is 3.86. The Kier molecular flexibility index (Phi) is 4.10. The zero-order valence-corrected chi connectivity index (χ0v) is 13.9. The van der Waals surface area contributed by atoms with Crippen molar-refractivity contribution in [1.29, 1.82) is 0 Å². The normalized spacial score (nSPS) is 15.2. The van der Waals surface area contributed by atoms with Crippen molar-refractivity contribution in [2.24, 2.45) is 0 Å². The van der Waals surface area contributed by atoms with E-state index in [-0.39, 0.29) is 22.8 Å². The van der Waals surface area contributed by atoms with E-state index in [9.17, 15) is 21.6 Å². The quantitative estimate of drug-likeness (QED) is 0.860. The molecule has 0 aliphatic heterocycles. The van der Waals surface area contributed by atoms with E-state index in [4.69, 9.17) is 5.73 Å². The van der Waals surface area contributed by atoms with Gasteiger partial charge in [0.25, 0.3) is 0 Å². The van der Waals surface area contributed by atoms with Crippen LogP contribution in [0.25, 0.3) is 11.3 Å². The number of anilines is 2. The molecular weight excluding hydrogens is 357 g/mol. The second-order valence-electron chi connectivity index (χ2n) is 5.90. The number of halogens is 3. The molecule has 1 aromatic heterocycles. The lowest BCUT2D eigenvalue weighted by Gasteiger charge is -2.15. The molecule has 1 aliphatic rings. The van der Waals surface area contributed by atoms with Crippen molar-refractivity contribution in [1.82, 2.24) is 10.2 Å². The number of sulfonamides is 1. The first-order valence-electron chi connectivity index (χ1n) is 7.41. The lowest BCUT2D eigenvalue weighted by atomic mass is 10.0. The minimum atomic E-state index is -4.60. The maximum absolute atomic E-state index is 13.0. The average molecular weight is 372 g/mol. The molecule has 3 rings (SSSR count). The van der Waals surface area contributed by atoms with Crippen LogP contribution in [0.1, 0.15) is 24.0 Å². The van der Waals surface area contributed by atoms with Gasteiger partial charge < -0.3 is 5.73 Å². The van der Waals surface area contributed by atoms with Gasteiger partial charge >= 0.3 is 6.18 Å². The summed E-state index contributed by atoms with van der Waals surface area (Å²) in [5.41, 5.74) is 5.48. The number of rotatable bonds is 4. The Labute approximate surface area is 142 Å². The number of hydrogen-bond donors (Lipinski definition) is 2. The van der Waals surface area contributed by atoms with E-state index in [1.165, 1.54) is 6.07 Å². The highest BCUT2D eigenvalue weighted by atomic mass is 32.2. The summed E-state index contributed by atoms with van der Waals surface area (Å²) in [6, 6.07) is 4.35. The molecule has 1 fully saturated rings. The topological polar surface area (TPSA) is 98.0 Å². The van der Waals surface area contributed by atoms with Gasteiger partial charge in [-0.1, -0.05) is 6.07 Å². The number of nitrogens with two attached hydrogens (primary N) is 1. The van der Waals surface area contributed by atoms with Crippen LogP contribution in [0.3, 0.4) is 0 Å². The van der Waals surface area contributed by atoms with Gasteiger partial charge in [-0.2, -0.15) is 13.2 Å². The second-order valence-corrected chi connectivity index (χ2v) is 7.86. The second kappa shape index (κ2) is 5.87. The molecule has 0 amide bonds. The highest BCUT2D eigenvalue weighted by molar-refractivity contribution is 7.93. The van der Waals surface area contributed by atoms with E-state index in [1.807, 2.05) is 0 Å². The van der Waals surface area contributed by atoms with Crippen molar-refractivity contribution < 1.29 is 21.6 Å². The minimum absolute atomic E-state index is 0.180. The maximum atomic E-state index is 13.0. The van der Waals surface area contributed by atoms with Crippen LogP contribution in [0.4, 0.5) is 24.7 Å². The highest BCUT2D eigenvalue weighted by Crippen LogP contribution is 2.37. The number of nitrogens with zero attached hydrogens (tertiary/aromatic N) is 2. The monoisotopic (exact) mass is 372 g/mol. The smallest absolute Gasteiger partial charge is 0.382 e. The van der Waals surface area contributed by atoms with E-state index in [0.29, 0.717) is 18.4 Å². The van der Waals surface area contributed by atoms with Gasteiger partial charge in [0.15, 0.2) is 0 Å². The van der Waals surface area contributed by atoms with Crippen molar-refractivity contribution in [3.05, 3.63) is 35.4 Å². The Bertz CT molecular complexity index is 925. The molecule has 10 heteroatoms. The third-order valence-corrected chi connectivity index (χ3v) is 5.71. The van der Waals surface area contributed by atoms with Crippen LogP contribution in [0, 0.1) is 6.92 Å². The number of aromatic nitrogens is 2. The summed E-state index contributed by atoms with van der Waals surface area (Å²) < 4.78 is 65.6. The summed E-state index contributed by atoms with van der Waals surface area (Å²) in [6.07, 6.45) is -3.62. The van der Waals surface area contributed by atoms with Crippen molar-refractivity contribution in [2.75, 3.05) is 10.5 Å². The molecule has 0 bridgehead atoms. The van der Waals surface area contributed by atoms with Gasteiger partial charge in [0.2, 0.25) is 10.0 Å². The van der Waals surface area contributed by atoms with Gasteiger partial charge in [-0.15, -0.1) is 10.2 Å². The van der Waals surface area contributed by atoms with Crippen LogP contribution in [-0.4, -0.2) is 23.9 Å². The van der Waals surface area contributed by atoms with Gasteiger partial charge in [-0.05, 0) is 43.5 Å².